The average molecular weight is 340 g/mol. The molecule has 1 N–H and O–H groups in total. The maximum Gasteiger partial charge on any atom is 0.228 e. The Kier molecular flexibility index (Phi) is 4.83. The second-order valence-corrected chi connectivity index (χ2v) is 6.30. The minimum absolute atomic E-state index is 0.00333. The number of likely N-dealkylation sites (N-methyl/N-ethyl adjacent to an activating group) is 1. The average Bonchev–Trinajstić information content (AvgIpc) is 2.95. The van der Waals surface area contributed by atoms with Crippen molar-refractivity contribution in [2.75, 3.05) is 11.9 Å². The summed E-state index contributed by atoms with van der Waals surface area (Å²) in [4.78, 5) is 26.0. The van der Waals surface area contributed by atoms with Crippen molar-refractivity contribution < 1.29 is 14.0 Å². The molecule has 5 heteroatoms. The van der Waals surface area contributed by atoms with Gasteiger partial charge < -0.3 is 10.2 Å². The molecule has 0 saturated carbocycles. The zero-order valence-corrected chi connectivity index (χ0v) is 14.4. The second-order valence-electron chi connectivity index (χ2n) is 6.30. The van der Waals surface area contributed by atoms with Gasteiger partial charge in [0, 0.05) is 12.2 Å². The summed E-state index contributed by atoms with van der Waals surface area (Å²) in [6.07, 6.45) is 0.661. The summed E-state index contributed by atoms with van der Waals surface area (Å²) in [5, 5.41) is 2.81. The van der Waals surface area contributed by atoms with Gasteiger partial charge in [-0.2, -0.15) is 0 Å². The van der Waals surface area contributed by atoms with E-state index in [-0.39, 0.29) is 30.1 Å². The Morgan fingerprint density at radius 1 is 1.24 bits per heavy atom. The van der Waals surface area contributed by atoms with Crippen molar-refractivity contribution in [2.24, 2.45) is 0 Å². The SMILES string of the molecule is CCN(C(=O)Cc1ccc2c(c1)NC(=O)C2)[C@H](C)c1ccc(F)cc1. The number of amides is 2. The molecule has 130 valence electrons. The van der Waals surface area contributed by atoms with Crippen molar-refractivity contribution >= 4 is 17.5 Å². The Morgan fingerprint density at radius 3 is 2.64 bits per heavy atom. The molecule has 0 unspecified atom stereocenters. The van der Waals surface area contributed by atoms with E-state index in [4.69, 9.17) is 0 Å². The smallest absolute Gasteiger partial charge is 0.228 e. The highest BCUT2D eigenvalue weighted by Crippen LogP contribution is 2.26. The molecule has 2 amide bonds. The van der Waals surface area contributed by atoms with Crippen LogP contribution in [0.15, 0.2) is 42.5 Å². The van der Waals surface area contributed by atoms with Crippen LogP contribution in [-0.4, -0.2) is 23.3 Å². The fourth-order valence-corrected chi connectivity index (χ4v) is 3.24. The standard InChI is InChI=1S/C20H21FN2O2/c1-3-23(13(2)15-6-8-17(21)9-7-15)20(25)11-14-4-5-16-12-19(24)22-18(16)10-14/h4-10,13H,3,11-12H2,1-2H3,(H,22,24)/t13-/m1/s1. The van der Waals surface area contributed by atoms with Crippen LogP contribution in [0.1, 0.15) is 36.6 Å². The van der Waals surface area contributed by atoms with Crippen LogP contribution in [0, 0.1) is 5.82 Å². The van der Waals surface area contributed by atoms with E-state index in [9.17, 15) is 14.0 Å². The van der Waals surface area contributed by atoms with E-state index in [1.165, 1.54) is 12.1 Å². The third-order valence-electron chi connectivity index (χ3n) is 4.64. The number of anilines is 1. The number of hydrogen-bond acceptors (Lipinski definition) is 2. The number of benzene rings is 2. The molecule has 1 aliphatic heterocycles. The van der Waals surface area contributed by atoms with Crippen molar-refractivity contribution in [3.8, 4) is 0 Å². The number of carbonyl (C=O) groups excluding carboxylic acids is 2. The predicted molar refractivity (Wildman–Crippen MR) is 94.7 cm³/mol. The Morgan fingerprint density at radius 2 is 1.96 bits per heavy atom. The first kappa shape index (κ1) is 17.1. The molecule has 1 heterocycles. The van der Waals surface area contributed by atoms with Gasteiger partial charge >= 0.3 is 0 Å². The van der Waals surface area contributed by atoms with Gasteiger partial charge in [-0.1, -0.05) is 24.3 Å². The van der Waals surface area contributed by atoms with Crippen LogP contribution in [0.3, 0.4) is 0 Å². The van der Waals surface area contributed by atoms with Gasteiger partial charge in [0.1, 0.15) is 5.82 Å². The molecule has 2 aromatic rings. The van der Waals surface area contributed by atoms with Gasteiger partial charge in [-0.15, -0.1) is 0 Å². The van der Waals surface area contributed by atoms with Crippen molar-refractivity contribution in [1.29, 1.82) is 0 Å². The molecule has 0 fully saturated rings. The molecule has 0 aromatic heterocycles. The first-order chi connectivity index (χ1) is 12.0. The van der Waals surface area contributed by atoms with Gasteiger partial charge in [-0.05, 0) is 48.7 Å². The minimum Gasteiger partial charge on any atom is -0.336 e. The highest BCUT2D eigenvalue weighted by molar-refractivity contribution is 5.99. The van der Waals surface area contributed by atoms with E-state index >= 15 is 0 Å². The lowest BCUT2D eigenvalue weighted by molar-refractivity contribution is -0.132. The van der Waals surface area contributed by atoms with Crippen LogP contribution in [-0.2, 0) is 22.4 Å². The topological polar surface area (TPSA) is 49.4 Å². The monoisotopic (exact) mass is 340 g/mol. The third kappa shape index (κ3) is 3.71. The van der Waals surface area contributed by atoms with Crippen molar-refractivity contribution in [3.05, 3.63) is 65.0 Å². The summed E-state index contributed by atoms with van der Waals surface area (Å²) in [7, 11) is 0. The molecule has 0 spiro atoms. The predicted octanol–water partition coefficient (Wildman–Crippen LogP) is 3.47. The van der Waals surface area contributed by atoms with Crippen LogP contribution in [0.2, 0.25) is 0 Å². The molecule has 0 aliphatic carbocycles. The summed E-state index contributed by atoms with van der Waals surface area (Å²) in [5.74, 6) is -0.298. The van der Waals surface area contributed by atoms with Gasteiger partial charge in [0.15, 0.2) is 0 Å². The number of nitrogens with one attached hydrogen (secondary N) is 1. The van der Waals surface area contributed by atoms with Crippen molar-refractivity contribution in [2.45, 2.75) is 32.7 Å². The molecule has 2 aromatic carbocycles. The Bertz CT molecular complexity index is 802. The van der Waals surface area contributed by atoms with Crippen LogP contribution in [0.4, 0.5) is 10.1 Å². The first-order valence-electron chi connectivity index (χ1n) is 8.44. The lowest BCUT2D eigenvalue weighted by atomic mass is 10.0. The highest BCUT2D eigenvalue weighted by atomic mass is 19.1. The largest absolute Gasteiger partial charge is 0.336 e. The van der Waals surface area contributed by atoms with E-state index in [0.717, 1.165) is 22.4 Å². The maximum absolute atomic E-state index is 13.1. The number of rotatable bonds is 5. The van der Waals surface area contributed by atoms with Crippen LogP contribution in [0.25, 0.3) is 0 Å². The first-order valence-corrected chi connectivity index (χ1v) is 8.44. The van der Waals surface area contributed by atoms with E-state index in [2.05, 4.69) is 5.32 Å². The van der Waals surface area contributed by atoms with Crippen LogP contribution in [0.5, 0.6) is 0 Å². The van der Waals surface area contributed by atoms with E-state index in [1.807, 2.05) is 32.0 Å². The van der Waals surface area contributed by atoms with Crippen molar-refractivity contribution in [3.63, 3.8) is 0 Å². The molecular weight excluding hydrogens is 319 g/mol. The molecule has 1 aliphatic rings. The minimum atomic E-state index is -0.287. The van der Waals surface area contributed by atoms with E-state index in [1.54, 1.807) is 17.0 Å². The number of nitrogens with zero attached hydrogens (tertiary/aromatic N) is 1. The fraction of sp³-hybridized carbons (Fsp3) is 0.300. The summed E-state index contributed by atoms with van der Waals surface area (Å²) in [6.45, 7) is 4.44. The third-order valence-corrected chi connectivity index (χ3v) is 4.64. The number of hydrogen-bond donors (Lipinski definition) is 1. The quantitative estimate of drug-likeness (QED) is 0.906. The molecule has 0 radical (unpaired) electrons. The van der Waals surface area contributed by atoms with Crippen molar-refractivity contribution in [1.82, 2.24) is 4.90 Å². The molecule has 0 bridgehead atoms. The number of carbonyl (C=O) groups is 2. The summed E-state index contributed by atoms with van der Waals surface area (Å²) < 4.78 is 13.1. The molecule has 4 nitrogen and oxygen atoms in total. The fourth-order valence-electron chi connectivity index (χ4n) is 3.24. The zero-order chi connectivity index (χ0) is 18.0. The summed E-state index contributed by atoms with van der Waals surface area (Å²) >= 11 is 0. The molecule has 0 saturated heterocycles. The maximum atomic E-state index is 13.1. The highest BCUT2D eigenvalue weighted by Gasteiger charge is 2.22. The van der Waals surface area contributed by atoms with Crippen LogP contribution < -0.4 is 5.32 Å². The molecular formula is C20H21FN2O2. The normalized spacial score (nSPS) is 14.0. The summed E-state index contributed by atoms with van der Waals surface area (Å²) in [5.41, 5.74) is 3.53. The zero-order valence-electron chi connectivity index (χ0n) is 14.4. The van der Waals surface area contributed by atoms with E-state index in [0.29, 0.717) is 13.0 Å². The molecule has 1 atom stereocenters. The lowest BCUT2D eigenvalue weighted by Gasteiger charge is -2.28. The number of fused-ring (bicyclic) bond motifs is 1. The second kappa shape index (κ2) is 7.05. The van der Waals surface area contributed by atoms with Gasteiger partial charge in [0.2, 0.25) is 11.8 Å². The van der Waals surface area contributed by atoms with Gasteiger partial charge in [-0.3, -0.25) is 9.59 Å². The lowest BCUT2D eigenvalue weighted by Crippen LogP contribution is -2.34. The van der Waals surface area contributed by atoms with Gasteiger partial charge in [0.05, 0.1) is 18.9 Å². The van der Waals surface area contributed by atoms with Gasteiger partial charge in [0.25, 0.3) is 0 Å². The Balaban J connectivity index is 1.73. The molecule has 25 heavy (non-hydrogen) atoms. The van der Waals surface area contributed by atoms with Crippen LogP contribution >= 0.6 is 0 Å². The number of halogens is 1. The van der Waals surface area contributed by atoms with E-state index < -0.39 is 0 Å². The Hall–Kier alpha value is -2.69. The van der Waals surface area contributed by atoms with Gasteiger partial charge in [-0.25, -0.2) is 4.39 Å². The summed E-state index contributed by atoms with van der Waals surface area (Å²) in [6, 6.07) is 11.8. The Labute approximate surface area is 146 Å². The molecule has 3 rings (SSSR count).